The van der Waals surface area contributed by atoms with E-state index < -0.39 is 10.8 Å². The molecule has 0 aliphatic heterocycles. The Morgan fingerprint density at radius 1 is 1.20 bits per heavy atom. The van der Waals surface area contributed by atoms with Crippen molar-refractivity contribution in [1.29, 1.82) is 0 Å². The second kappa shape index (κ2) is 9.34. The van der Waals surface area contributed by atoms with Gasteiger partial charge in [-0.3, -0.25) is 4.21 Å². The highest BCUT2D eigenvalue weighted by Gasteiger charge is 2.19. The maximum Gasteiger partial charge on any atom is 0.0472 e. The summed E-state index contributed by atoms with van der Waals surface area (Å²) >= 11 is 0. The highest BCUT2D eigenvalue weighted by atomic mass is 32.2. The normalized spacial score (nSPS) is 17.3. The van der Waals surface area contributed by atoms with Crippen LogP contribution in [0.25, 0.3) is 0 Å². The van der Waals surface area contributed by atoms with E-state index in [1.54, 1.807) is 0 Å². The van der Waals surface area contributed by atoms with Crippen molar-refractivity contribution in [1.82, 2.24) is 5.32 Å². The smallest absolute Gasteiger partial charge is 0.0472 e. The van der Waals surface area contributed by atoms with Gasteiger partial charge in [0.25, 0.3) is 0 Å². The number of nitrogens with one attached hydrogen (secondary N) is 1. The molecule has 0 aromatic rings. The molecular formula is C12H27NOS. The summed E-state index contributed by atoms with van der Waals surface area (Å²) in [5.74, 6) is 0.863. The third kappa shape index (κ3) is 6.31. The summed E-state index contributed by atoms with van der Waals surface area (Å²) in [6, 6.07) is 0.419. The Morgan fingerprint density at radius 3 is 2.33 bits per heavy atom. The van der Waals surface area contributed by atoms with Gasteiger partial charge in [0.1, 0.15) is 0 Å². The Bertz CT molecular complexity index is 173. The Hall–Kier alpha value is 0.110. The van der Waals surface area contributed by atoms with Crippen molar-refractivity contribution in [2.45, 2.75) is 64.7 Å². The topological polar surface area (TPSA) is 29.1 Å². The Labute approximate surface area is 97.7 Å². The molecule has 3 heteroatoms. The summed E-state index contributed by atoms with van der Waals surface area (Å²) in [5, 5.41) is 3.77. The molecule has 3 unspecified atom stereocenters. The number of hydrogen-bond acceptors (Lipinski definition) is 2. The predicted octanol–water partition coefficient (Wildman–Crippen LogP) is 2.70. The van der Waals surface area contributed by atoms with Crippen molar-refractivity contribution in [2.75, 3.05) is 12.3 Å². The Balaban J connectivity index is 3.99. The molecule has 1 N–H and O–H groups in total. The molecule has 0 spiro atoms. The summed E-state index contributed by atoms with van der Waals surface area (Å²) in [7, 11) is -0.661. The molecule has 3 atom stereocenters. The molecule has 0 aromatic heterocycles. The number of rotatable bonds is 9. The van der Waals surface area contributed by atoms with Crippen LogP contribution in [-0.4, -0.2) is 27.8 Å². The average molecular weight is 233 g/mol. The highest BCUT2D eigenvalue weighted by Crippen LogP contribution is 2.08. The Kier molecular flexibility index (Phi) is 9.41. The summed E-state index contributed by atoms with van der Waals surface area (Å²) in [4.78, 5) is 0. The van der Waals surface area contributed by atoms with Crippen LogP contribution in [0.2, 0.25) is 0 Å². The first-order valence-corrected chi connectivity index (χ1v) is 7.66. The zero-order chi connectivity index (χ0) is 11.7. The molecule has 0 aliphatic carbocycles. The van der Waals surface area contributed by atoms with Crippen LogP contribution in [0.3, 0.4) is 0 Å². The number of unbranched alkanes of at least 4 members (excludes halogenated alkanes) is 1. The van der Waals surface area contributed by atoms with Crippen LogP contribution in [0.4, 0.5) is 0 Å². The van der Waals surface area contributed by atoms with E-state index in [0.29, 0.717) is 6.04 Å². The van der Waals surface area contributed by atoms with Gasteiger partial charge in [0.05, 0.1) is 0 Å². The van der Waals surface area contributed by atoms with E-state index in [4.69, 9.17) is 0 Å². The molecule has 0 amide bonds. The molecule has 15 heavy (non-hydrogen) atoms. The monoisotopic (exact) mass is 233 g/mol. The van der Waals surface area contributed by atoms with Crippen LogP contribution in [0, 0.1) is 0 Å². The molecule has 2 nitrogen and oxygen atoms in total. The lowest BCUT2D eigenvalue weighted by molar-refractivity contribution is 0.486. The standard InChI is InChI=1S/C12H27NOS/c1-5-8-10-15(14)11(4)12(7-3)13-9-6-2/h11-13H,5-10H2,1-4H3. The first kappa shape index (κ1) is 15.1. The second-order valence-corrected chi connectivity index (χ2v) is 6.03. The van der Waals surface area contributed by atoms with Crippen molar-refractivity contribution in [2.24, 2.45) is 0 Å². The van der Waals surface area contributed by atoms with Gasteiger partial charge in [-0.2, -0.15) is 0 Å². The third-order valence-electron chi connectivity index (χ3n) is 2.78. The first-order chi connectivity index (χ1) is 7.17. The minimum absolute atomic E-state index is 0.285. The Morgan fingerprint density at radius 2 is 1.87 bits per heavy atom. The van der Waals surface area contributed by atoms with Crippen LogP contribution in [0.1, 0.15) is 53.4 Å². The largest absolute Gasteiger partial charge is 0.313 e. The number of hydrogen-bond donors (Lipinski definition) is 1. The molecule has 0 heterocycles. The molecular weight excluding hydrogens is 206 g/mol. The molecule has 0 rings (SSSR count). The van der Waals surface area contributed by atoms with Gasteiger partial charge in [0.15, 0.2) is 0 Å². The van der Waals surface area contributed by atoms with E-state index in [-0.39, 0.29) is 5.25 Å². The van der Waals surface area contributed by atoms with E-state index in [2.05, 4.69) is 33.0 Å². The molecule has 0 bridgehead atoms. The molecule has 0 fully saturated rings. The fourth-order valence-corrected chi connectivity index (χ4v) is 3.23. The maximum absolute atomic E-state index is 11.9. The van der Waals surface area contributed by atoms with Crippen molar-refractivity contribution in [3.05, 3.63) is 0 Å². The fraction of sp³-hybridized carbons (Fsp3) is 1.00. The third-order valence-corrected chi connectivity index (χ3v) is 4.63. The molecule has 0 saturated heterocycles. The predicted molar refractivity (Wildman–Crippen MR) is 69.8 cm³/mol. The fourth-order valence-electron chi connectivity index (χ4n) is 1.63. The molecule has 0 saturated carbocycles. The average Bonchev–Trinajstić information content (AvgIpc) is 2.26. The van der Waals surface area contributed by atoms with Crippen LogP contribution in [0.5, 0.6) is 0 Å². The van der Waals surface area contributed by atoms with Gasteiger partial charge in [0, 0.05) is 27.8 Å². The van der Waals surface area contributed by atoms with Crippen LogP contribution in [0.15, 0.2) is 0 Å². The summed E-state index contributed by atoms with van der Waals surface area (Å²) < 4.78 is 11.9. The maximum atomic E-state index is 11.9. The van der Waals surface area contributed by atoms with E-state index in [1.807, 2.05) is 0 Å². The van der Waals surface area contributed by atoms with Crippen LogP contribution >= 0.6 is 0 Å². The van der Waals surface area contributed by atoms with Gasteiger partial charge in [-0.05, 0) is 32.7 Å². The lowest BCUT2D eigenvalue weighted by Crippen LogP contribution is -2.41. The second-order valence-electron chi connectivity index (χ2n) is 4.11. The highest BCUT2D eigenvalue weighted by molar-refractivity contribution is 7.85. The van der Waals surface area contributed by atoms with Gasteiger partial charge < -0.3 is 5.32 Å². The SMILES string of the molecule is CCCCS(=O)C(C)C(CC)NCCC. The first-order valence-electron chi connectivity index (χ1n) is 6.27. The lowest BCUT2D eigenvalue weighted by atomic mass is 10.1. The van der Waals surface area contributed by atoms with Crippen LogP contribution in [-0.2, 0) is 10.8 Å². The van der Waals surface area contributed by atoms with Gasteiger partial charge in [-0.1, -0.05) is 27.2 Å². The van der Waals surface area contributed by atoms with Crippen molar-refractivity contribution < 1.29 is 4.21 Å². The zero-order valence-corrected chi connectivity index (χ0v) is 11.5. The van der Waals surface area contributed by atoms with Crippen molar-refractivity contribution in [3.63, 3.8) is 0 Å². The van der Waals surface area contributed by atoms with Crippen molar-refractivity contribution >= 4 is 10.8 Å². The van der Waals surface area contributed by atoms with Gasteiger partial charge in [-0.25, -0.2) is 0 Å². The van der Waals surface area contributed by atoms with Crippen LogP contribution < -0.4 is 5.32 Å². The van der Waals surface area contributed by atoms with Gasteiger partial charge in [0.2, 0.25) is 0 Å². The molecule has 92 valence electrons. The zero-order valence-electron chi connectivity index (χ0n) is 10.7. The van der Waals surface area contributed by atoms with E-state index in [9.17, 15) is 4.21 Å². The summed E-state index contributed by atoms with van der Waals surface area (Å²) in [6.07, 6.45) is 4.43. The lowest BCUT2D eigenvalue weighted by Gasteiger charge is -2.23. The minimum Gasteiger partial charge on any atom is -0.313 e. The van der Waals surface area contributed by atoms with E-state index in [0.717, 1.165) is 38.0 Å². The van der Waals surface area contributed by atoms with E-state index >= 15 is 0 Å². The molecule has 0 aliphatic rings. The molecule has 0 radical (unpaired) electrons. The quantitative estimate of drug-likeness (QED) is 0.663. The molecule has 0 aromatic carbocycles. The summed E-state index contributed by atoms with van der Waals surface area (Å²) in [6.45, 7) is 9.63. The van der Waals surface area contributed by atoms with Crippen molar-refractivity contribution in [3.8, 4) is 0 Å². The summed E-state index contributed by atoms with van der Waals surface area (Å²) in [5.41, 5.74) is 0. The van der Waals surface area contributed by atoms with E-state index in [1.165, 1.54) is 0 Å². The minimum atomic E-state index is -0.661. The van der Waals surface area contributed by atoms with Gasteiger partial charge in [-0.15, -0.1) is 0 Å². The van der Waals surface area contributed by atoms with Gasteiger partial charge >= 0.3 is 0 Å².